The van der Waals surface area contributed by atoms with Gasteiger partial charge in [0.05, 0.1) is 5.41 Å². The minimum Gasteiger partial charge on any atom is -0.481 e. The van der Waals surface area contributed by atoms with Gasteiger partial charge in [-0.2, -0.15) is 0 Å². The van der Waals surface area contributed by atoms with E-state index >= 15 is 0 Å². The van der Waals surface area contributed by atoms with Crippen LogP contribution in [-0.4, -0.2) is 40.0 Å². The minimum atomic E-state index is -0.985. The predicted molar refractivity (Wildman–Crippen MR) is 98.4 cm³/mol. The van der Waals surface area contributed by atoms with Crippen LogP contribution >= 0.6 is 0 Å². The highest BCUT2D eigenvalue weighted by molar-refractivity contribution is 5.95. The lowest BCUT2D eigenvalue weighted by Gasteiger charge is -2.37. The summed E-state index contributed by atoms with van der Waals surface area (Å²) in [5.41, 5.74) is 0.305. The fourth-order valence-corrected chi connectivity index (χ4v) is 4.27. The van der Waals surface area contributed by atoms with Crippen molar-refractivity contribution < 1.29 is 14.7 Å². The zero-order chi connectivity index (χ0) is 19.1. The maximum absolute atomic E-state index is 13.0. The van der Waals surface area contributed by atoms with Gasteiger partial charge in [0.15, 0.2) is 0 Å². The number of aromatic amines is 1. The molecule has 1 unspecified atom stereocenters. The van der Waals surface area contributed by atoms with Gasteiger partial charge in [-0.3, -0.25) is 14.4 Å². The van der Waals surface area contributed by atoms with Gasteiger partial charge in [0.1, 0.15) is 5.56 Å². The molecule has 2 N–H and O–H groups in total. The third kappa shape index (κ3) is 3.06. The van der Waals surface area contributed by atoms with Gasteiger partial charge in [-0.05, 0) is 49.1 Å². The van der Waals surface area contributed by atoms with Gasteiger partial charge in [-0.15, -0.1) is 0 Å². The number of H-pyrrole nitrogens is 1. The molecule has 2 aliphatic rings. The SMILES string of the molecule is CC(C)(C)C1(C(=O)O)CCN(C(=O)c2cc3c([nH]c2=O)CCCCC3)C1. The van der Waals surface area contributed by atoms with Gasteiger partial charge in [-0.25, -0.2) is 0 Å². The maximum atomic E-state index is 13.0. The molecule has 1 fully saturated rings. The Labute approximate surface area is 153 Å². The summed E-state index contributed by atoms with van der Waals surface area (Å²) in [6.07, 6.45) is 5.35. The number of aryl methyl sites for hydroxylation is 2. The summed E-state index contributed by atoms with van der Waals surface area (Å²) in [5.74, 6) is -1.23. The van der Waals surface area contributed by atoms with Crippen molar-refractivity contribution in [3.63, 3.8) is 0 Å². The number of fused-ring (bicyclic) bond motifs is 1. The maximum Gasteiger partial charge on any atom is 0.312 e. The van der Waals surface area contributed by atoms with Crippen molar-refractivity contribution >= 4 is 11.9 Å². The van der Waals surface area contributed by atoms with Crippen LogP contribution in [0, 0.1) is 10.8 Å². The number of pyridine rings is 1. The molecule has 142 valence electrons. The fourth-order valence-electron chi connectivity index (χ4n) is 4.27. The van der Waals surface area contributed by atoms with E-state index in [1.807, 2.05) is 20.8 Å². The summed E-state index contributed by atoms with van der Waals surface area (Å²) in [5, 5.41) is 9.81. The third-order valence-corrected chi connectivity index (χ3v) is 6.22. The van der Waals surface area contributed by atoms with Gasteiger partial charge in [-0.1, -0.05) is 27.2 Å². The number of nitrogens with zero attached hydrogens (tertiary/aromatic N) is 1. The summed E-state index contributed by atoms with van der Waals surface area (Å²) in [4.78, 5) is 41.9. The molecule has 1 amide bonds. The van der Waals surface area contributed by atoms with Crippen molar-refractivity contribution in [3.8, 4) is 0 Å². The molecule has 1 aromatic heterocycles. The monoisotopic (exact) mass is 360 g/mol. The molecule has 1 aromatic rings. The topological polar surface area (TPSA) is 90.5 Å². The molecule has 0 saturated carbocycles. The normalized spacial score (nSPS) is 23.4. The van der Waals surface area contributed by atoms with E-state index in [9.17, 15) is 19.5 Å². The van der Waals surface area contributed by atoms with Crippen molar-refractivity contribution in [3.05, 3.63) is 33.2 Å². The van der Waals surface area contributed by atoms with Crippen LogP contribution in [0.4, 0.5) is 0 Å². The van der Waals surface area contributed by atoms with Gasteiger partial charge < -0.3 is 15.0 Å². The molecule has 0 bridgehead atoms. The number of likely N-dealkylation sites (tertiary alicyclic amines) is 1. The minimum absolute atomic E-state index is 0.140. The first-order valence-electron chi connectivity index (χ1n) is 9.43. The molecular weight excluding hydrogens is 332 g/mol. The first kappa shape index (κ1) is 18.7. The van der Waals surface area contributed by atoms with Crippen LogP contribution in [0.15, 0.2) is 10.9 Å². The van der Waals surface area contributed by atoms with Crippen LogP contribution in [0.5, 0.6) is 0 Å². The smallest absolute Gasteiger partial charge is 0.312 e. The van der Waals surface area contributed by atoms with Crippen molar-refractivity contribution in [2.45, 2.75) is 59.3 Å². The first-order valence-corrected chi connectivity index (χ1v) is 9.43. The van der Waals surface area contributed by atoms with Gasteiger partial charge in [0, 0.05) is 18.8 Å². The lowest BCUT2D eigenvalue weighted by atomic mass is 9.66. The number of aromatic nitrogens is 1. The van der Waals surface area contributed by atoms with E-state index in [-0.39, 0.29) is 23.6 Å². The fraction of sp³-hybridized carbons (Fsp3) is 0.650. The van der Waals surface area contributed by atoms with Crippen molar-refractivity contribution in [1.82, 2.24) is 9.88 Å². The number of amides is 1. The Bertz CT molecular complexity index is 790. The van der Waals surface area contributed by atoms with Crippen LogP contribution in [0.2, 0.25) is 0 Å². The van der Waals surface area contributed by atoms with E-state index < -0.39 is 16.8 Å². The second-order valence-corrected chi connectivity index (χ2v) is 8.69. The number of hydrogen-bond acceptors (Lipinski definition) is 3. The number of carbonyl (C=O) groups is 2. The predicted octanol–water partition coefficient (Wildman–Crippen LogP) is 2.61. The Balaban J connectivity index is 1.90. The van der Waals surface area contributed by atoms with E-state index in [1.54, 1.807) is 6.07 Å². The lowest BCUT2D eigenvalue weighted by Crippen LogP contribution is -2.46. The van der Waals surface area contributed by atoms with Crippen LogP contribution in [0.3, 0.4) is 0 Å². The van der Waals surface area contributed by atoms with E-state index in [0.717, 1.165) is 43.4 Å². The number of nitrogens with one attached hydrogen (secondary N) is 1. The third-order valence-electron chi connectivity index (χ3n) is 6.22. The molecule has 0 aromatic carbocycles. The van der Waals surface area contributed by atoms with Crippen molar-refractivity contribution in [2.75, 3.05) is 13.1 Å². The zero-order valence-electron chi connectivity index (χ0n) is 15.9. The van der Waals surface area contributed by atoms with Gasteiger partial charge in [0.25, 0.3) is 11.5 Å². The molecule has 6 nitrogen and oxygen atoms in total. The number of aliphatic carboxylic acids is 1. The molecule has 3 rings (SSSR count). The van der Waals surface area contributed by atoms with E-state index in [2.05, 4.69) is 4.98 Å². The summed E-state index contributed by atoms with van der Waals surface area (Å²) >= 11 is 0. The Morgan fingerprint density at radius 2 is 1.88 bits per heavy atom. The van der Waals surface area contributed by atoms with E-state index in [0.29, 0.717) is 13.0 Å². The summed E-state index contributed by atoms with van der Waals surface area (Å²) in [6, 6.07) is 1.74. The summed E-state index contributed by atoms with van der Waals surface area (Å²) in [6.45, 7) is 6.18. The molecule has 1 aliphatic heterocycles. The molecule has 2 heterocycles. The lowest BCUT2D eigenvalue weighted by molar-refractivity contribution is -0.154. The Morgan fingerprint density at radius 1 is 1.19 bits per heavy atom. The highest BCUT2D eigenvalue weighted by atomic mass is 16.4. The number of hydrogen-bond donors (Lipinski definition) is 2. The largest absolute Gasteiger partial charge is 0.481 e. The quantitative estimate of drug-likeness (QED) is 0.793. The Kier molecular flexibility index (Phi) is 4.71. The molecular formula is C20H28N2O4. The molecule has 26 heavy (non-hydrogen) atoms. The summed E-state index contributed by atoms with van der Waals surface area (Å²) in [7, 11) is 0. The molecule has 1 aliphatic carbocycles. The number of carbonyl (C=O) groups excluding carboxylic acids is 1. The van der Waals surface area contributed by atoms with Gasteiger partial charge >= 0.3 is 5.97 Å². The number of rotatable bonds is 2. The standard InChI is InChI=1S/C20H28N2O4/c1-19(2,3)20(18(25)26)9-10-22(12-20)17(24)14-11-13-7-5-4-6-8-15(13)21-16(14)23/h11H,4-10,12H2,1-3H3,(H,21,23)(H,25,26). The Morgan fingerprint density at radius 3 is 2.50 bits per heavy atom. The van der Waals surface area contributed by atoms with Gasteiger partial charge in [0.2, 0.25) is 0 Å². The van der Waals surface area contributed by atoms with Crippen LogP contribution < -0.4 is 5.56 Å². The molecule has 6 heteroatoms. The first-order chi connectivity index (χ1) is 12.2. The van der Waals surface area contributed by atoms with Crippen LogP contribution in [-0.2, 0) is 17.6 Å². The average Bonchev–Trinajstić information content (AvgIpc) is 2.91. The Hall–Kier alpha value is -2.11. The van der Waals surface area contributed by atoms with Crippen molar-refractivity contribution in [1.29, 1.82) is 0 Å². The zero-order valence-corrected chi connectivity index (χ0v) is 15.9. The number of carboxylic acid groups (broad SMARTS) is 1. The molecule has 1 saturated heterocycles. The highest BCUT2D eigenvalue weighted by Crippen LogP contribution is 2.46. The van der Waals surface area contributed by atoms with Crippen LogP contribution in [0.25, 0.3) is 0 Å². The number of carboxylic acids is 1. The van der Waals surface area contributed by atoms with Crippen molar-refractivity contribution in [2.24, 2.45) is 10.8 Å². The molecule has 1 atom stereocenters. The average molecular weight is 360 g/mol. The second-order valence-electron chi connectivity index (χ2n) is 8.69. The molecule has 0 radical (unpaired) electrons. The van der Waals surface area contributed by atoms with Crippen LogP contribution in [0.1, 0.15) is 68.1 Å². The molecule has 0 spiro atoms. The summed E-state index contributed by atoms with van der Waals surface area (Å²) < 4.78 is 0. The van der Waals surface area contributed by atoms with E-state index in [4.69, 9.17) is 0 Å². The van der Waals surface area contributed by atoms with E-state index in [1.165, 1.54) is 4.90 Å². The second kappa shape index (κ2) is 6.56. The highest BCUT2D eigenvalue weighted by Gasteiger charge is 2.54.